The van der Waals surface area contributed by atoms with Gasteiger partial charge in [-0.15, -0.1) is 0 Å². The molecule has 0 aliphatic heterocycles. The Hall–Kier alpha value is -0.310. The third-order valence-electron chi connectivity index (χ3n) is 0.726. The SMILES string of the molecule is CCC(F)C(=N)OCl. The Morgan fingerprint density at radius 2 is 2.50 bits per heavy atom. The summed E-state index contributed by atoms with van der Waals surface area (Å²) in [5.74, 6) is -0.519. The first-order valence-corrected chi connectivity index (χ1v) is 2.54. The van der Waals surface area contributed by atoms with Crippen LogP contribution in [0.15, 0.2) is 0 Å². The maximum atomic E-state index is 12.1. The Bertz CT molecular complexity index is 88.1. The first-order chi connectivity index (χ1) is 3.72. The van der Waals surface area contributed by atoms with E-state index in [0.29, 0.717) is 0 Å². The predicted octanol–water partition coefficient (Wildman–Crippen LogP) is 1.88. The summed E-state index contributed by atoms with van der Waals surface area (Å²) in [6, 6.07) is 0. The molecule has 0 fully saturated rings. The summed E-state index contributed by atoms with van der Waals surface area (Å²) in [5, 5.41) is 6.61. The van der Waals surface area contributed by atoms with E-state index in [9.17, 15) is 4.39 Å². The lowest BCUT2D eigenvalue weighted by atomic mass is 10.3. The Balaban J connectivity index is 3.46. The molecule has 4 heteroatoms. The standard InChI is InChI=1S/C4H7ClFNO/c1-2-3(6)4(7)8-5/h3,7H,2H2,1H3. The fourth-order valence-corrected chi connectivity index (χ4v) is 0.330. The summed E-state index contributed by atoms with van der Waals surface area (Å²) >= 11 is 4.66. The number of halogens is 2. The summed E-state index contributed by atoms with van der Waals surface area (Å²) < 4.78 is 15.9. The van der Waals surface area contributed by atoms with Gasteiger partial charge >= 0.3 is 0 Å². The van der Waals surface area contributed by atoms with Gasteiger partial charge in [-0.05, 0) is 6.42 Å². The number of hydrogen-bond acceptors (Lipinski definition) is 2. The molecule has 0 aromatic rings. The van der Waals surface area contributed by atoms with Crippen molar-refractivity contribution >= 4 is 17.8 Å². The zero-order valence-corrected chi connectivity index (χ0v) is 5.20. The van der Waals surface area contributed by atoms with Gasteiger partial charge in [0, 0.05) is 0 Å². The molecule has 1 N–H and O–H groups in total. The first kappa shape index (κ1) is 7.69. The van der Waals surface area contributed by atoms with Crippen LogP contribution in [0.3, 0.4) is 0 Å². The summed E-state index contributed by atoms with van der Waals surface area (Å²) in [5.41, 5.74) is 0. The highest BCUT2D eigenvalue weighted by Gasteiger charge is 2.10. The molecule has 0 heterocycles. The van der Waals surface area contributed by atoms with Crippen LogP contribution in [0.25, 0.3) is 0 Å². The van der Waals surface area contributed by atoms with E-state index in [1.165, 1.54) is 0 Å². The number of alkyl halides is 1. The number of hydrogen-bond donors (Lipinski definition) is 1. The van der Waals surface area contributed by atoms with Gasteiger partial charge in [0.25, 0.3) is 0 Å². The van der Waals surface area contributed by atoms with Crippen molar-refractivity contribution in [3.63, 3.8) is 0 Å². The van der Waals surface area contributed by atoms with E-state index in [0.717, 1.165) is 0 Å². The van der Waals surface area contributed by atoms with Crippen molar-refractivity contribution in [3.05, 3.63) is 0 Å². The van der Waals surface area contributed by atoms with E-state index in [1.807, 2.05) is 0 Å². The van der Waals surface area contributed by atoms with Crippen molar-refractivity contribution in [1.82, 2.24) is 0 Å². The van der Waals surface area contributed by atoms with Gasteiger partial charge in [0.1, 0.15) is 11.9 Å². The zero-order valence-electron chi connectivity index (χ0n) is 4.45. The molecule has 0 aromatic heterocycles. The molecule has 1 unspecified atom stereocenters. The highest BCUT2D eigenvalue weighted by atomic mass is 35.5. The average Bonchev–Trinajstić information content (AvgIpc) is 1.84. The third kappa shape index (κ3) is 2.12. The molecule has 0 aliphatic carbocycles. The molecule has 0 amide bonds. The van der Waals surface area contributed by atoms with E-state index in [1.54, 1.807) is 6.92 Å². The molecule has 2 nitrogen and oxygen atoms in total. The maximum Gasteiger partial charge on any atom is 0.240 e. The molecule has 0 saturated carbocycles. The first-order valence-electron chi connectivity index (χ1n) is 2.23. The smallest absolute Gasteiger partial charge is 0.240 e. The van der Waals surface area contributed by atoms with Crippen LogP contribution < -0.4 is 0 Å². The average molecular weight is 140 g/mol. The molecule has 0 rings (SSSR count). The minimum absolute atomic E-state index is 0.228. The lowest BCUT2D eigenvalue weighted by Gasteiger charge is -2.00. The minimum atomic E-state index is -1.35. The van der Waals surface area contributed by atoms with Crippen LogP contribution in [0, 0.1) is 5.41 Å². The van der Waals surface area contributed by atoms with Gasteiger partial charge in [-0.3, -0.25) is 5.41 Å². The van der Waals surface area contributed by atoms with Crippen molar-refractivity contribution in [3.8, 4) is 0 Å². The van der Waals surface area contributed by atoms with E-state index in [4.69, 9.17) is 5.41 Å². The van der Waals surface area contributed by atoms with Crippen LogP contribution in [-0.4, -0.2) is 12.1 Å². The summed E-state index contributed by atoms with van der Waals surface area (Å²) in [7, 11) is 0. The highest BCUT2D eigenvalue weighted by molar-refractivity contribution is 6.14. The molecule has 1 atom stereocenters. The van der Waals surface area contributed by atoms with Gasteiger partial charge in [0.15, 0.2) is 6.17 Å². The maximum absolute atomic E-state index is 12.1. The predicted molar refractivity (Wildman–Crippen MR) is 29.9 cm³/mol. The van der Waals surface area contributed by atoms with Gasteiger partial charge in [0.05, 0.1) is 0 Å². The van der Waals surface area contributed by atoms with Gasteiger partial charge in [0.2, 0.25) is 5.90 Å². The van der Waals surface area contributed by atoms with Crippen molar-refractivity contribution in [2.75, 3.05) is 0 Å². The molecule has 0 spiro atoms. The van der Waals surface area contributed by atoms with E-state index < -0.39 is 12.1 Å². The van der Waals surface area contributed by atoms with Crippen LogP contribution in [0.4, 0.5) is 4.39 Å². The summed E-state index contributed by atoms with van der Waals surface area (Å²) in [6.45, 7) is 1.61. The third-order valence-corrected chi connectivity index (χ3v) is 0.892. The van der Waals surface area contributed by atoms with E-state index in [2.05, 4.69) is 16.2 Å². The second-order valence-electron chi connectivity index (χ2n) is 1.32. The van der Waals surface area contributed by atoms with Gasteiger partial charge < -0.3 is 4.29 Å². The molecule has 0 bridgehead atoms. The zero-order chi connectivity index (χ0) is 6.57. The molecule has 0 radical (unpaired) electrons. The molecule has 48 valence electrons. The molecule has 0 aliphatic rings. The molecule has 0 aromatic carbocycles. The van der Waals surface area contributed by atoms with Crippen LogP contribution in [0.5, 0.6) is 0 Å². The quantitative estimate of drug-likeness (QED) is 0.460. The molecular weight excluding hydrogens is 133 g/mol. The normalized spacial score (nSPS) is 12.9. The van der Waals surface area contributed by atoms with Crippen LogP contribution in [0.2, 0.25) is 0 Å². The molecule has 0 saturated heterocycles. The second kappa shape index (κ2) is 3.66. The minimum Gasteiger partial charge on any atom is -0.367 e. The molecular formula is C4H7ClFNO. The van der Waals surface area contributed by atoms with E-state index in [-0.39, 0.29) is 6.42 Å². The van der Waals surface area contributed by atoms with Gasteiger partial charge in [-0.2, -0.15) is 0 Å². The van der Waals surface area contributed by atoms with Crippen LogP contribution in [-0.2, 0) is 4.29 Å². The fraction of sp³-hybridized carbons (Fsp3) is 0.750. The van der Waals surface area contributed by atoms with Crippen molar-refractivity contribution in [2.24, 2.45) is 0 Å². The second-order valence-corrected chi connectivity index (χ2v) is 1.47. The fourth-order valence-electron chi connectivity index (χ4n) is 0.234. The van der Waals surface area contributed by atoms with E-state index >= 15 is 0 Å². The number of rotatable bonds is 2. The Morgan fingerprint density at radius 1 is 2.00 bits per heavy atom. The lowest BCUT2D eigenvalue weighted by molar-refractivity contribution is 0.368. The monoisotopic (exact) mass is 139 g/mol. The summed E-state index contributed by atoms with van der Waals surface area (Å²) in [4.78, 5) is 0. The van der Waals surface area contributed by atoms with Gasteiger partial charge in [-0.25, -0.2) is 4.39 Å². The van der Waals surface area contributed by atoms with Crippen molar-refractivity contribution in [2.45, 2.75) is 19.5 Å². The Morgan fingerprint density at radius 3 is 2.62 bits per heavy atom. The largest absolute Gasteiger partial charge is 0.367 e. The Kier molecular flexibility index (Phi) is 3.52. The Labute approximate surface area is 52.3 Å². The summed E-state index contributed by atoms with van der Waals surface area (Å²) in [6.07, 6.45) is -1.13. The topological polar surface area (TPSA) is 33.1 Å². The van der Waals surface area contributed by atoms with Crippen molar-refractivity contribution in [1.29, 1.82) is 5.41 Å². The van der Waals surface area contributed by atoms with Gasteiger partial charge in [-0.1, -0.05) is 6.92 Å². The highest BCUT2D eigenvalue weighted by Crippen LogP contribution is 2.00. The lowest BCUT2D eigenvalue weighted by Crippen LogP contribution is -2.12. The van der Waals surface area contributed by atoms with Crippen LogP contribution in [0.1, 0.15) is 13.3 Å². The number of nitrogens with one attached hydrogen (secondary N) is 1. The molecule has 8 heavy (non-hydrogen) atoms. The van der Waals surface area contributed by atoms with Crippen LogP contribution >= 0.6 is 11.9 Å². The van der Waals surface area contributed by atoms with Crippen molar-refractivity contribution < 1.29 is 8.68 Å².